The number of halogens is 2. The van der Waals surface area contributed by atoms with Gasteiger partial charge >= 0.3 is 0 Å². The van der Waals surface area contributed by atoms with Gasteiger partial charge in [0.2, 0.25) is 0 Å². The lowest BCUT2D eigenvalue weighted by Gasteiger charge is -2.08. The standard InChI is InChI=1S/C13H9BrClN3S/c1-7-17-12-10(19-7)5-6-16-13(12)18-9-4-2-3-8(14)11(9)15/h2-6H,1H3,(H,16,18). The van der Waals surface area contributed by atoms with E-state index in [1.165, 1.54) is 0 Å². The molecule has 0 aliphatic heterocycles. The zero-order valence-corrected chi connectivity index (χ0v) is 13.1. The molecule has 0 aliphatic carbocycles. The average molecular weight is 355 g/mol. The molecule has 19 heavy (non-hydrogen) atoms. The largest absolute Gasteiger partial charge is 0.337 e. The van der Waals surface area contributed by atoms with E-state index in [-0.39, 0.29) is 0 Å². The highest BCUT2D eigenvalue weighted by atomic mass is 79.9. The molecule has 0 aliphatic rings. The van der Waals surface area contributed by atoms with Gasteiger partial charge in [0.1, 0.15) is 5.52 Å². The van der Waals surface area contributed by atoms with E-state index < -0.39 is 0 Å². The quantitative estimate of drug-likeness (QED) is 0.691. The predicted molar refractivity (Wildman–Crippen MR) is 84.6 cm³/mol. The fraction of sp³-hybridized carbons (Fsp3) is 0.0769. The highest BCUT2D eigenvalue weighted by Crippen LogP contribution is 2.34. The number of nitrogens with one attached hydrogen (secondary N) is 1. The van der Waals surface area contributed by atoms with Crippen LogP contribution in [0.2, 0.25) is 5.02 Å². The molecule has 3 rings (SSSR count). The Balaban J connectivity index is 2.08. The maximum atomic E-state index is 6.24. The minimum absolute atomic E-state index is 0.633. The van der Waals surface area contributed by atoms with Crippen LogP contribution in [0.1, 0.15) is 5.01 Å². The molecule has 1 N–H and O–H groups in total. The Morgan fingerprint density at radius 2 is 2.16 bits per heavy atom. The second kappa shape index (κ2) is 5.07. The van der Waals surface area contributed by atoms with Crippen molar-refractivity contribution in [2.75, 3.05) is 5.32 Å². The molecule has 2 aromatic heterocycles. The lowest BCUT2D eigenvalue weighted by molar-refractivity contribution is 1.29. The van der Waals surface area contributed by atoms with Gasteiger partial charge in [0.15, 0.2) is 5.82 Å². The maximum Gasteiger partial charge on any atom is 0.157 e. The summed E-state index contributed by atoms with van der Waals surface area (Å²) in [6, 6.07) is 7.69. The molecule has 3 aromatic rings. The third kappa shape index (κ3) is 2.45. The first kappa shape index (κ1) is 12.8. The van der Waals surface area contributed by atoms with E-state index >= 15 is 0 Å². The highest BCUT2D eigenvalue weighted by molar-refractivity contribution is 9.10. The van der Waals surface area contributed by atoms with Crippen molar-refractivity contribution >= 4 is 60.6 Å². The molecule has 0 atom stereocenters. The Morgan fingerprint density at radius 1 is 1.32 bits per heavy atom. The van der Waals surface area contributed by atoms with Gasteiger partial charge in [0, 0.05) is 10.7 Å². The summed E-state index contributed by atoms with van der Waals surface area (Å²) in [6.45, 7) is 1.99. The lowest BCUT2D eigenvalue weighted by Crippen LogP contribution is -1.95. The summed E-state index contributed by atoms with van der Waals surface area (Å²) in [6.07, 6.45) is 1.77. The number of hydrogen-bond acceptors (Lipinski definition) is 4. The summed E-state index contributed by atoms with van der Waals surface area (Å²) < 4.78 is 1.96. The molecule has 0 bridgehead atoms. The Labute approximate surface area is 127 Å². The number of aromatic nitrogens is 2. The summed E-state index contributed by atoms with van der Waals surface area (Å²) in [5.41, 5.74) is 1.68. The van der Waals surface area contributed by atoms with Crippen molar-refractivity contribution in [2.24, 2.45) is 0 Å². The zero-order valence-electron chi connectivity index (χ0n) is 9.95. The number of nitrogens with zero attached hydrogens (tertiary/aromatic N) is 2. The number of thiazole rings is 1. The Morgan fingerprint density at radius 3 is 3.00 bits per heavy atom. The van der Waals surface area contributed by atoms with Crippen LogP contribution in [-0.4, -0.2) is 9.97 Å². The molecule has 0 spiro atoms. The first-order valence-electron chi connectivity index (χ1n) is 5.58. The summed E-state index contributed by atoms with van der Waals surface area (Å²) in [5.74, 6) is 0.724. The molecule has 0 unspecified atom stereocenters. The van der Waals surface area contributed by atoms with Crippen LogP contribution < -0.4 is 5.32 Å². The monoisotopic (exact) mass is 353 g/mol. The average Bonchev–Trinajstić information content (AvgIpc) is 2.76. The third-order valence-corrected chi connectivity index (χ3v) is 4.85. The van der Waals surface area contributed by atoms with Crippen LogP contribution in [0.4, 0.5) is 11.5 Å². The van der Waals surface area contributed by atoms with Crippen molar-refractivity contribution in [2.45, 2.75) is 6.92 Å². The molecular formula is C13H9BrClN3S. The van der Waals surface area contributed by atoms with Crippen molar-refractivity contribution in [3.63, 3.8) is 0 Å². The van der Waals surface area contributed by atoms with E-state index in [4.69, 9.17) is 11.6 Å². The number of fused-ring (bicyclic) bond motifs is 1. The molecule has 96 valence electrons. The molecule has 0 amide bonds. The van der Waals surface area contributed by atoms with Crippen LogP contribution in [0.15, 0.2) is 34.9 Å². The zero-order chi connectivity index (χ0) is 13.4. The molecule has 3 nitrogen and oxygen atoms in total. The van der Waals surface area contributed by atoms with Crippen molar-refractivity contribution in [3.05, 3.63) is 45.0 Å². The highest BCUT2D eigenvalue weighted by Gasteiger charge is 2.10. The Bertz CT molecular complexity index is 757. The SMILES string of the molecule is Cc1nc2c(Nc3cccc(Br)c3Cl)nccc2s1. The lowest BCUT2D eigenvalue weighted by atomic mass is 10.3. The van der Waals surface area contributed by atoms with E-state index in [0.29, 0.717) is 5.02 Å². The van der Waals surface area contributed by atoms with E-state index in [1.54, 1.807) is 17.5 Å². The van der Waals surface area contributed by atoms with Crippen LogP contribution in [-0.2, 0) is 0 Å². The number of benzene rings is 1. The summed E-state index contributed by atoms with van der Waals surface area (Å²) >= 11 is 11.3. The minimum atomic E-state index is 0.633. The first-order chi connectivity index (χ1) is 9.15. The van der Waals surface area contributed by atoms with Gasteiger partial charge in [0.05, 0.1) is 20.4 Å². The van der Waals surface area contributed by atoms with Crippen LogP contribution in [0.5, 0.6) is 0 Å². The molecule has 1 aromatic carbocycles. The Hall–Kier alpha value is -1.17. The van der Waals surface area contributed by atoms with Crippen molar-refractivity contribution in [3.8, 4) is 0 Å². The number of anilines is 2. The van der Waals surface area contributed by atoms with E-state index in [0.717, 1.165) is 31.2 Å². The van der Waals surface area contributed by atoms with Gasteiger partial charge in [-0.3, -0.25) is 0 Å². The first-order valence-corrected chi connectivity index (χ1v) is 7.57. The minimum Gasteiger partial charge on any atom is -0.337 e. The van der Waals surface area contributed by atoms with Gasteiger partial charge in [-0.05, 0) is 41.1 Å². The number of rotatable bonds is 2. The maximum absolute atomic E-state index is 6.24. The number of pyridine rings is 1. The molecule has 6 heteroatoms. The van der Waals surface area contributed by atoms with E-state index in [1.807, 2.05) is 31.2 Å². The fourth-order valence-electron chi connectivity index (χ4n) is 1.79. The summed E-state index contributed by atoms with van der Waals surface area (Å²) in [7, 11) is 0. The van der Waals surface area contributed by atoms with E-state index in [2.05, 4.69) is 31.2 Å². The van der Waals surface area contributed by atoms with Gasteiger partial charge in [-0.2, -0.15) is 0 Å². The van der Waals surface area contributed by atoms with Crippen molar-refractivity contribution in [1.29, 1.82) is 0 Å². The molecular weight excluding hydrogens is 346 g/mol. The number of aryl methyl sites for hydroxylation is 1. The second-order valence-electron chi connectivity index (χ2n) is 3.97. The van der Waals surface area contributed by atoms with Gasteiger partial charge in [-0.1, -0.05) is 17.7 Å². The van der Waals surface area contributed by atoms with Crippen molar-refractivity contribution in [1.82, 2.24) is 9.97 Å². The van der Waals surface area contributed by atoms with Gasteiger partial charge < -0.3 is 5.32 Å². The third-order valence-electron chi connectivity index (χ3n) is 2.62. The number of hydrogen-bond donors (Lipinski definition) is 1. The summed E-state index contributed by atoms with van der Waals surface area (Å²) in [4.78, 5) is 8.85. The van der Waals surface area contributed by atoms with Crippen molar-refractivity contribution < 1.29 is 0 Å². The predicted octanol–water partition coefficient (Wildman–Crippen LogP) is 5.16. The molecule has 0 saturated carbocycles. The molecule has 0 fully saturated rings. The Kier molecular flexibility index (Phi) is 3.43. The smallest absolute Gasteiger partial charge is 0.157 e. The van der Waals surface area contributed by atoms with E-state index in [9.17, 15) is 0 Å². The normalized spacial score (nSPS) is 10.9. The molecule has 0 radical (unpaired) electrons. The van der Waals surface area contributed by atoms with Crippen LogP contribution in [0.25, 0.3) is 10.2 Å². The van der Waals surface area contributed by atoms with Gasteiger partial charge in [-0.25, -0.2) is 9.97 Å². The topological polar surface area (TPSA) is 37.8 Å². The summed E-state index contributed by atoms with van der Waals surface area (Å²) in [5, 5.41) is 4.89. The molecule has 2 heterocycles. The molecule has 0 saturated heterocycles. The van der Waals surface area contributed by atoms with Gasteiger partial charge in [0.25, 0.3) is 0 Å². The second-order valence-corrected chi connectivity index (χ2v) is 6.43. The fourth-order valence-corrected chi connectivity index (χ4v) is 3.15. The van der Waals surface area contributed by atoms with Crippen LogP contribution in [0.3, 0.4) is 0 Å². The van der Waals surface area contributed by atoms with Crippen LogP contribution >= 0.6 is 38.9 Å². The van der Waals surface area contributed by atoms with Gasteiger partial charge in [-0.15, -0.1) is 11.3 Å². The van der Waals surface area contributed by atoms with Crippen LogP contribution in [0, 0.1) is 6.92 Å².